The van der Waals surface area contributed by atoms with Crippen LogP contribution in [0.4, 0.5) is 0 Å². The third-order valence-corrected chi connectivity index (χ3v) is 4.57. The molecule has 4 rings (SSSR count). The SMILES string of the molecule is O=C1N[C@H](c2ccccc2)c2ccccc2/C1=C/N1CCOCC1. The second kappa shape index (κ2) is 6.49. The van der Waals surface area contributed by atoms with E-state index in [9.17, 15) is 4.79 Å². The highest BCUT2D eigenvalue weighted by atomic mass is 16.5. The van der Waals surface area contributed by atoms with Crippen molar-refractivity contribution in [1.29, 1.82) is 0 Å². The van der Waals surface area contributed by atoms with Crippen LogP contribution in [0.15, 0.2) is 60.8 Å². The van der Waals surface area contributed by atoms with Crippen LogP contribution in [0.25, 0.3) is 5.57 Å². The smallest absolute Gasteiger partial charge is 0.254 e. The average Bonchev–Trinajstić information content (AvgIpc) is 2.65. The summed E-state index contributed by atoms with van der Waals surface area (Å²) in [5.74, 6) is -0.0194. The van der Waals surface area contributed by atoms with Crippen LogP contribution in [-0.2, 0) is 9.53 Å². The molecule has 1 fully saturated rings. The fourth-order valence-electron chi connectivity index (χ4n) is 3.33. The number of carbonyl (C=O) groups is 1. The van der Waals surface area contributed by atoms with Gasteiger partial charge >= 0.3 is 0 Å². The van der Waals surface area contributed by atoms with Gasteiger partial charge in [-0.15, -0.1) is 0 Å². The molecule has 0 bridgehead atoms. The summed E-state index contributed by atoms with van der Waals surface area (Å²) in [5.41, 5.74) is 3.99. The molecule has 2 aromatic carbocycles. The molecular formula is C20H20N2O2. The van der Waals surface area contributed by atoms with Crippen molar-refractivity contribution in [3.05, 3.63) is 77.5 Å². The molecule has 1 amide bonds. The molecule has 2 aromatic rings. The maximum atomic E-state index is 12.8. The number of hydrogen-bond acceptors (Lipinski definition) is 3. The first-order valence-electron chi connectivity index (χ1n) is 8.31. The molecule has 4 nitrogen and oxygen atoms in total. The quantitative estimate of drug-likeness (QED) is 0.865. The van der Waals surface area contributed by atoms with Crippen LogP contribution in [0.1, 0.15) is 22.7 Å². The van der Waals surface area contributed by atoms with E-state index in [1.807, 2.05) is 42.6 Å². The Morgan fingerprint density at radius 1 is 1.00 bits per heavy atom. The zero-order chi connectivity index (χ0) is 16.4. The summed E-state index contributed by atoms with van der Waals surface area (Å²) >= 11 is 0. The standard InChI is InChI=1S/C20H20N2O2/c23-20-18(14-22-10-12-24-13-11-22)16-8-4-5-9-17(16)19(21-20)15-6-2-1-3-7-15/h1-9,14,19H,10-13H2,(H,21,23)/b18-14-/t19-/m1/s1. The lowest BCUT2D eigenvalue weighted by Crippen LogP contribution is -2.37. The topological polar surface area (TPSA) is 41.6 Å². The van der Waals surface area contributed by atoms with Crippen molar-refractivity contribution in [3.63, 3.8) is 0 Å². The van der Waals surface area contributed by atoms with E-state index in [0.29, 0.717) is 13.2 Å². The first kappa shape index (κ1) is 15.0. The molecular weight excluding hydrogens is 300 g/mol. The zero-order valence-electron chi connectivity index (χ0n) is 13.4. The van der Waals surface area contributed by atoms with E-state index in [-0.39, 0.29) is 11.9 Å². The van der Waals surface area contributed by atoms with E-state index < -0.39 is 0 Å². The Morgan fingerprint density at radius 3 is 2.50 bits per heavy atom. The molecule has 0 radical (unpaired) electrons. The highest BCUT2D eigenvalue weighted by Gasteiger charge is 2.29. The van der Waals surface area contributed by atoms with Crippen molar-refractivity contribution >= 4 is 11.5 Å². The third-order valence-electron chi connectivity index (χ3n) is 4.57. The molecule has 1 atom stereocenters. The normalized spacial score (nSPS) is 22.2. The number of nitrogens with zero attached hydrogens (tertiary/aromatic N) is 1. The maximum Gasteiger partial charge on any atom is 0.254 e. The van der Waals surface area contributed by atoms with Gasteiger partial charge in [0, 0.05) is 19.3 Å². The second-order valence-electron chi connectivity index (χ2n) is 6.10. The van der Waals surface area contributed by atoms with E-state index in [1.165, 1.54) is 0 Å². The van der Waals surface area contributed by atoms with E-state index in [0.717, 1.165) is 35.4 Å². The number of ether oxygens (including phenoxy) is 1. The van der Waals surface area contributed by atoms with Gasteiger partial charge in [0.25, 0.3) is 5.91 Å². The first-order chi connectivity index (χ1) is 11.8. The number of nitrogens with one attached hydrogen (secondary N) is 1. The molecule has 2 heterocycles. The Labute approximate surface area is 141 Å². The molecule has 24 heavy (non-hydrogen) atoms. The van der Waals surface area contributed by atoms with Gasteiger partial charge in [0.15, 0.2) is 0 Å². The summed E-state index contributed by atoms with van der Waals surface area (Å²) in [4.78, 5) is 14.9. The van der Waals surface area contributed by atoms with Gasteiger partial charge in [-0.3, -0.25) is 4.79 Å². The Kier molecular flexibility index (Phi) is 4.05. The number of carbonyl (C=O) groups excluding carboxylic acids is 1. The van der Waals surface area contributed by atoms with Crippen molar-refractivity contribution in [2.24, 2.45) is 0 Å². The zero-order valence-corrected chi connectivity index (χ0v) is 13.4. The molecule has 122 valence electrons. The summed E-state index contributed by atoms with van der Waals surface area (Å²) < 4.78 is 5.39. The number of morpholine rings is 1. The van der Waals surface area contributed by atoms with Crippen molar-refractivity contribution in [3.8, 4) is 0 Å². The van der Waals surface area contributed by atoms with Gasteiger partial charge in [0.05, 0.1) is 24.8 Å². The van der Waals surface area contributed by atoms with Crippen molar-refractivity contribution in [1.82, 2.24) is 10.2 Å². The lowest BCUT2D eigenvalue weighted by molar-refractivity contribution is -0.116. The largest absolute Gasteiger partial charge is 0.378 e. The predicted octanol–water partition coefficient (Wildman–Crippen LogP) is 2.58. The number of fused-ring (bicyclic) bond motifs is 1. The van der Waals surface area contributed by atoms with Gasteiger partial charge in [-0.1, -0.05) is 54.6 Å². The van der Waals surface area contributed by atoms with Gasteiger partial charge in [0.2, 0.25) is 0 Å². The Balaban J connectivity index is 1.75. The molecule has 1 N–H and O–H groups in total. The molecule has 1 saturated heterocycles. The first-order valence-corrected chi connectivity index (χ1v) is 8.31. The third kappa shape index (κ3) is 2.81. The Bertz CT molecular complexity index is 764. The number of hydrogen-bond donors (Lipinski definition) is 1. The van der Waals surface area contributed by atoms with Gasteiger partial charge in [0.1, 0.15) is 0 Å². The fourth-order valence-corrected chi connectivity index (χ4v) is 3.33. The minimum Gasteiger partial charge on any atom is -0.378 e. The molecule has 0 aliphatic carbocycles. The van der Waals surface area contributed by atoms with Crippen LogP contribution in [0, 0.1) is 0 Å². The maximum absolute atomic E-state index is 12.8. The number of rotatable bonds is 2. The van der Waals surface area contributed by atoms with Crippen LogP contribution in [0.3, 0.4) is 0 Å². The van der Waals surface area contributed by atoms with Crippen LogP contribution >= 0.6 is 0 Å². The van der Waals surface area contributed by atoms with Crippen molar-refractivity contribution < 1.29 is 9.53 Å². The van der Waals surface area contributed by atoms with Gasteiger partial charge < -0.3 is 15.0 Å². The summed E-state index contributed by atoms with van der Waals surface area (Å²) in [6.45, 7) is 3.06. The molecule has 2 aliphatic heterocycles. The molecule has 0 aromatic heterocycles. The van der Waals surface area contributed by atoms with Crippen molar-refractivity contribution in [2.45, 2.75) is 6.04 Å². The Morgan fingerprint density at radius 2 is 1.71 bits per heavy atom. The van der Waals surface area contributed by atoms with Gasteiger partial charge in [-0.2, -0.15) is 0 Å². The summed E-state index contributed by atoms with van der Waals surface area (Å²) in [6.07, 6.45) is 1.98. The lowest BCUT2D eigenvalue weighted by atomic mass is 9.87. The molecule has 0 unspecified atom stereocenters. The molecule has 4 heteroatoms. The second-order valence-corrected chi connectivity index (χ2v) is 6.10. The average molecular weight is 320 g/mol. The minimum absolute atomic E-state index is 0.0194. The minimum atomic E-state index is -0.100. The van der Waals surface area contributed by atoms with Crippen LogP contribution in [0.2, 0.25) is 0 Å². The highest BCUT2D eigenvalue weighted by molar-refractivity contribution is 6.21. The molecule has 2 aliphatic rings. The summed E-state index contributed by atoms with van der Waals surface area (Å²) in [6, 6.07) is 18.2. The molecule has 0 saturated carbocycles. The number of amides is 1. The van der Waals surface area contributed by atoms with Crippen LogP contribution in [0.5, 0.6) is 0 Å². The highest BCUT2D eigenvalue weighted by Crippen LogP contribution is 2.34. The van der Waals surface area contributed by atoms with E-state index in [4.69, 9.17) is 4.74 Å². The number of benzene rings is 2. The summed E-state index contributed by atoms with van der Waals surface area (Å²) in [7, 11) is 0. The van der Waals surface area contributed by atoms with Crippen LogP contribution in [-0.4, -0.2) is 37.1 Å². The van der Waals surface area contributed by atoms with E-state index in [1.54, 1.807) is 0 Å². The van der Waals surface area contributed by atoms with Gasteiger partial charge in [-0.25, -0.2) is 0 Å². The van der Waals surface area contributed by atoms with Crippen LogP contribution < -0.4 is 5.32 Å². The van der Waals surface area contributed by atoms with E-state index in [2.05, 4.69) is 28.4 Å². The lowest BCUT2D eigenvalue weighted by Gasteiger charge is -2.31. The van der Waals surface area contributed by atoms with Gasteiger partial charge in [-0.05, 0) is 16.7 Å². The molecule has 0 spiro atoms. The van der Waals surface area contributed by atoms with E-state index >= 15 is 0 Å². The fraction of sp³-hybridized carbons (Fsp3) is 0.250. The monoisotopic (exact) mass is 320 g/mol. The summed E-state index contributed by atoms with van der Waals surface area (Å²) in [5, 5.41) is 3.16. The predicted molar refractivity (Wildman–Crippen MR) is 93.2 cm³/mol. The Hall–Kier alpha value is -2.59. The van der Waals surface area contributed by atoms with Crippen molar-refractivity contribution in [2.75, 3.05) is 26.3 Å².